The summed E-state index contributed by atoms with van der Waals surface area (Å²) in [6.07, 6.45) is 4.99. The molecule has 0 heterocycles. The van der Waals surface area contributed by atoms with E-state index in [4.69, 9.17) is 4.74 Å². The van der Waals surface area contributed by atoms with E-state index in [0.29, 0.717) is 12.8 Å². The Morgan fingerprint density at radius 3 is 1.85 bits per heavy atom. The van der Waals surface area contributed by atoms with Gasteiger partial charge in [0.15, 0.2) is 11.6 Å². The van der Waals surface area contributed by atoms with Gasteiger partial charge in [-0.05, 0) is 52.7 Å². The zero-order chi connectivity index (χ0) is 26.4. The second-order valence-corrected chi connectivity index (χ2v) is 9.66. The highest BCUT2D eigenvalue weighted by atomic mass is 32.2. The molecule has 11 heteroatoms. The van der Waals surface area contributed by atoms with Crippen LogP contribution in [0.5, 0.6) is 0 Å². The Morgan fingerprint density at radius 1 is 0.949 bits per heavy atom. The van der Waals surface area contributed by atoms with E-state index in [2.05, 4.69) is 10.1 Å². The molecule has 0 aliphatic heterocycles. The van der Waals surface area contributed by atoms with Crippen molar-refractivity contribution in [1.29, 1.82) is 0 Å². The van der Waals surface area contributed by atoms with Crippen molar-refractivity contribution >= 4 is 33.3 Å². The van der Waals surface area contributed by atoms with Crippen LogP contribution in [-0.4, -0.2) is 56.4 Å². The second kappa shape index (κ2) is 24.8. The molecule has 0 aromatic heterocycles. The molecule has 0 aliphatic carbocycles. The number of ether oxygens (including phenoxy) is 2. The molecule has 1 rings (SSSR count). The van der Waals surface area contributed by atoms with Crippen molar-refractivity contribution in [2.24, 2.45) is 0 Å². The molecule has 0 radical (unpaired) electrons. The first-order chi connectivity index (χ1) is 15.8. The molecule has 0 fully saturated rings. The minimum absolute atomic E-state index is 0. The fourth-order valence-corrected chi connectivity index (χ4v) is 3.52. The van der Waals surface area contributed by atoms with Gasteiger partial charge in [-0.15, -0.1) is 0 Å². The van der Waals surface area contributed by atoms with E-state index >= 15 is 0 Å². The van der Waals surface area contributed by atoms with Gasteiger partial charge in [0.25, 0.3) is 10.1 Å². The van der Waals surface area contributed by atoms with Crippen molar-refractivity contribution in [3.63, 3.8) is 0 Å². The van der Waals surface area contributed by atoms with Gasteiger partial charge in [-0.2, -0.15) is 8.42 Å². The van der Waals surface area contributed by atoms with Gasteiger partial charge in [0.2, 0.25) is 5.91 Å². The third-order valence-electron chi connectivity index (χ3n) is 5.62. The molecule has 0 saturated heterocycles. The molecular weight excluding hydrogens is 529 g/mol. The minimum atomic E-state index is -4.38. The van der Waals surface area contributed by atoms with Crippen LogP contribution in [0.1, 0.15) is 102 Å². The number of Topliss-reactive ketones (excluding diaryl/α,β-unsaturated/α-hetero) is 2. The lowest BCUT2D eigenvalue weighted by molar-refractivity contribution is -0.137. The molecule has 9 nitrogen and oxygen atoms in total. The Labute approximate surface area is 237 Å². The summed E-state index contributed by atoms with van der Waals surface area (Å²) in [6.45, 7) is 6.56. The SMILES string of the molecule is C.C.C.C.COC(C)(CCCCCCCC(=O)Nc1ccccc1S(=O)(=O)O)C(C)=O.COC(C)C(C)=O.F. The van der Waals surface area contributed by atoms with Gasteiger partial charge in [-0.3, -0.25) is 23.6 Å². The predicted octanol–water partition coefficient (Wildman–Crippen LogP) is 6.90. The minimum Gasteiger partial charge on any atom is -0.374 e. The second-order valence-electron chi connectivity index (χ2n) is 8.27. The van der Waals surface area contributed by atoms with E-state index in [-0.39, 0.29) is 75.0 Å². The van der Waals surface area contributed by atoms with E-state index in [1.807, 2.05) is 0 Å². The van der Waals surface area contributed by atoms with E-state index in [1.165, 1.54) is 39.2 Å². The molecule has 2 N–H and O–H groups in total. The van der Waals surface area contributed by atoms with Crippen LogP contribution in [0.4, 0.5) is 10.4 Å². The van der Waals surface area contributed by atoms with E-state index < -0.39 is 15.7 Å². The van der Waals surface area contributed by atoms with Crippen molar-refractivity contribution in [2.75, 3.05) is 19.5 Å². The number of methoxy groups -OCH3 is 2. The molecule has 0 bridgehead atoms. The molecule has 39 heavy (non-hydrogen) atoms. The molecule has 2 unspecified atom stereocenters. The lowest BCUT2D eigenvalue weighted by atomic mass is 9.94. The van der Waals surface area contributed by atoms with Gasteiger partial charge in [0.05, 0.1) is 5.69 Å². The number of rotatable bonds is 14. The number of benzene rings is 1. The summed E-state index contributed by atoms with van der Waals surface area (Å²) >= 11 is 0. The summed E-state index contributed by atoms with van der Waals surface area (Å²) in [5.41, 5.74) is -0.645. The zero-order valence-corrected chi connectivity index (χ0v) is 22.3. The number of amides is 1. The maximum absolute atomic E-state index is 12.0. The smallest absolute Gasteiger partial charge is 0.296 e. The predicted molar refractivity (Wildman–Crippen MR) is 160 cm³/mol. The number of ketones is 2. The maximum Gasteiger partial charge on any atom is 0.296 e. The molecule has 1 amide bonds. The summed E-state index contributed by atoms with van der Waals surface area (Å²) in [7, 11) is -1.32. The van der Waals surface area contributed by atoms with Crippen molar-refractivity contribution in [2.45, 2.75) is 119 Å². The largest absolute Gasteiger partial charge is 0.374 e. The van der Waals surface area contributed by atoms with Crippen molar-refractivity contribution < 1.29 is 41.5 Å². The lowest BCUT2D eigenvalue weighted by Crippen LogP contribution is -2.35. The van der Waals surface area contributed by atoms with Crippen LogP contribution in [0.3, 0.4) is 0 Å². The Hall–Kier alpha value is -2.21. The van der Waals surface area contributed by atoms with Crippen LogP contribution in [0.15, 0.2) is 29.2 Å². The summed E-state index contributed by atoms with van der Waals surface area (Å²) < 4.78 is 41.7. The first-order valence-electron chi connectivity index (χ1n) is 11.2. The first-order valence-corrected chi connectivity index (χ1v) is 12.7. The average molecular weight is 586 g/mol. The number of carbonyl (C=O) groups is 3. The van der Waals surface area contributed by atoms with Crippen LogP contribution in [0.25, 0.3) is 0 Å². The number of para-hydroxylation sites is 1. The Kier molecular flexibility index (Phi) is 31.6. The molecule has 1 aromatic rings. The first kappa shape index (κ1) is 49.7. The summed E-state index contributed by atoms with van der Waals surface area (Å²) in [6, 6.07) is 5.72. The standard InChI is InChI=1S/C19H29NO6S.C5H10O2.4CH4.FH/c1-15(21)19(2,26-3)14-10-6-4-5-7-13-18(22)20-16-11-8-9-12-17(16)27(23,24)25;1-4(6)5(2)7-3;;;;;/h8-9,11-12H,4-7,10,13-14H2,1-3H3,(H,20,22)(H,23,24,25);5H,1-3H3;4*1H4;1H. The van der Waals surface area contributed by atoms with Crippen molar-refractivity contribution in [3.8, 4) is 0 Å². The monoisotopic (exact) mass is 585 g/mol. The fraction of sp³-hybridized carbons (Fsp3) is 0.679. The number of hydrogen-bond donors (Lipinski definition) is 2. The topological polar surface area (TPSA) is 136 Å². The van der Waals surface area contributed by atoms with Crippen LogP contribution in [0, 0.1) is 0 Å². The van der Waals surface area contributed by atoms with Crippen molar-refractivity contribution in [3.05, 3.63) is 24.3 Å². The summed E-state index contributed by atoms with van der Waals surface area (Å²) in [5, 5.41) is 2.53. The van der Waals surface area contributed by atoms with Crippen LogP contribution in [-0.2, 0) is 34.0 Å². The Balaban J connectivity index is -0.000000201. The number of halogens is 1. The molecule has 2 atom stereocenters. The van der Waals surface area contributed by atoms with Crippen LogP contribution >= 0.6 is 0 Å². The highest BCUT2D eigenvalue weighted by Gasteiger charge is 2.28. The van der Waals surface area contributed by atoms with E-state index in [9.17, 15) is 27.4 Å². The number of hydrogen-bond acceptors (Lipinski definition) is 7. The molecule has 0 saturated carbocycles. The quantitative estimate of drug-likeness (QED) is 0.178. The number of anilines is 1. The third kappa shape index (κ3) is 20.4. The van der Waals surface area contributed by atoms with Crippen LogP contribution in [0.2, 0.25) is 0 Å². The average Bonchev–Trinajstić information content (AvgIpc) is 2.77. The van der Waals surface area contributed by atoms with Gasteiger partial charge >= 0.3 is 0 Å². The van der Waals surface area contributed by atoms with Crippen molar-refractivity contribution in [1.82, 2.24) is 0 Å². The Bertz CT molecular complexity index is 909. The molecule has 1 aromatic carbocycles. The molecular formula is C28H56FNO8S. The molecule has 0 aliphatic rings. The van der Waals surface area contributed by atoms with Gasteiger partial charge < -0.3 is 14.8 Å². The lowest BCUT2D eigenvalue weighted by Gasteiger charge is -2.24. The van der Waals surface area contributed by atoms with Gasteiger partial charge in [-0.1, -0.05) is 67.5 Å². The maximum atomic E-state index is 12.0. The van der Waals surface area contributed by atoms with Gasteiger partial charge in [-0.25, -0.2) is 0 Å². The van der Waals surface area contributed by atoms with E-state index in [1.54, 1.807) is 27.0 Å². The number of nitrogens with one attached hydrogen (secondary N) is 1. The molecule has 0 spiro atoms. The van der Waals surface area contributed by atoms with Gasteiger partial charge in [0.1, 0.15) is 16.6 Å². The Morgan fingerprint density at radius 2 is 1.44 bits per heavy atom. The third-order valence-corrected chi connectivity index (χ3v) is 6.53. The normalized spacial score (nSPS) is 12.0. The highest BCUT2D eigenvalue weighted by molar-refractivity contribution is 7.86. The van der Waals surface area contributed by atoms with Gasteiger partial charge in [0, 0.05) is 20.6 Å². The van der Waals surface area contributed by atoms with Crippen LogP contribution < -0.4 is 5.32 Å². The summed E-state index contributed by atoms with van der Waals surface area (Å²) in [5.74, 6) is -0.205. The fourth-order valence-electron chi connectivity index (χ4n) is 2.87. The molecule has 234 valence electrons. The zero-order valence-electron chi connectivity index (χ0n) is 21.5. The highest BCUT2D eigenvalue weighted by Crippen LogP contribution is 2.22. The summed E-state index contributed by atoms with van der Waals surface area (Å²) in [4.78, 5) is 33.5. The number of carbonyl (C=O) groups excluding carboxylic acids is 3. The number of unbranched alkanes of at least 4 members (excludes halogenated alkanes) is 4. The van der Waals surface area contributed by atoms with E-state index in [0.717, 1.165) is 25.7 Å².